The summed E-state index contributed by atoms with van der Waals surface area (Å²) in [5, 5.41) is 8.45. The topological polar surface area (TPSA) is 66.4 Å². The van der Waals surface area contributed by atoms with Gasteiger partial charge in [0, 0.05) is 10.7 Å². The van der Waals surface area contributed by atoms with Gasteiger partial charge in [0.15, 0.2) is 0 Å². The summed E-state index contributed by atoms with van der Waals surface area (Å²) in [6.07, 6.45) is 0. The molecule has 0 spiro atoms. The molecule has 0 radical (unpaired) electrons. The Balaban J connectivity index is 2.82. The predicted molar refractivity (Wildman–Crippen MR) is 60.5 cm³/mol. The normalized spacial score (nSPS) is 13.5. The Kier molecular flexibility index (Phi) is 3.96. The molecule has 0 aromatic heterocycles. The Hall–Kier alpha value is -0.780. The van der Waals surface area contributed by atoms with Crippen LogP contribution in [0.5, 0.6) is 0 Å². The predicted octanol–water partition coefficient (Wildman–Crippen LogP) is 1.46. The van der Waals surface area contributed by atoms with E-state index in [0.717, 1.165) is 0 Å². The van der Waals surface area contributed by atoms with Crippen LogP contribution in [-0.4, -0.2) is 25.4 Å². The van der Waals surface area contributed by atoms with E-state index < -0.39 is 21.9 Å². The molecule has 1 rings (SSSR count). The number of benzene rings is 1. The van der Waals surface area contributed by atoms with Gasteiger partial charge in [0.05, 0.1) is 6.61 Å². The summed E-state index contributed by atoms with van der Waals surface area (Å²) in [7, 11) is -3.52. The van der Waals surface area contributed by atoms with E-state index in [9.17, 15) is 8.42 Å². The molecule has 6 heteroatoms. The van der Waals surface area contributed by atoms with Crippen molar-refractivity contribution in [3.63, 3.8) is 0 Å². The Morgan fingerprint density at radius 3 is 2.40 bits per heavy atom. The molecular weight excluding hydrogens is 238 g/mol. The van der Waals surface area contributed by atoms with Crippen LogP contribution in [0.1, 0.15) is 6.92 Å². The Morgan fingerprint density at radius 1 is 1.40 bits per heavy atom. The third kappa shape index (κ3) is 3.37. The molecule has 0 saturated carbocycles. The fourth-order valence-corrected chi connectivity index (χ4v) is 1.87. The van der Waals surface area contributed by atoms with Crippen LogP contribution in [0.15, 0.2) is 24.3 Å². The summed E-state index contributed by atoms with van der Waals surface area (Å²) in [5.74, 6) is 0. The van der Waals surface area contributed by atoms with Crippen LogP contribution >= 0.6 is 11.6 Å². The van der Waals surface area contributed by atoms with Crippen molar-refractivity contribution >= 4 is 27.3 Å². The smallest absolute Gasteiger partial charge is 0.237 e. The summed E-state index contributed by atoms with van der Waals surface area (Å²) in [6.45, 7) is 1.02. The van der Waals surface area contributed by atoms with Crippen molar-refractivity contribution in [1.29, 1.82) is 0 Å². The van der Waals surface area contributed by atoms with E-state index >= 15 is 0 Å². The Labute approximate surface area is 93.9 Å². The quantitative estimate of drug-likeness (QED) is 0.849. The van der Waals surface area contributed by atoms with Gasteiger partial charge >= 0.3 is 0 Å². The van der Waals surface area contributed by atoms with Gasteiger partial charge in [-0.3, -0.25) is 4.72 Å². The van der Waals surface area contributed by atoms with Gasteiger partial charge in [0.2, 0.25) is 10.0 Å². The first-order valence-corrected chi connectivity index (χ1v) is 6.26. The van der Waals surface area contributed by atoms with Crippen LogP contribution in [0.25, 0.3) is 0 Å². The molecule has 0 aliphatic rings. The fraction of sp³-hybridized carbons (Fsp3) is 0.333. The molecule has 0 heterocycles. The molecule has 1 aromatic rings. The largest absolute Gasteiger partial charge is 0.395 e. The van der Waals surface area contributed by atoms with E-state index in [2.05, 4.69) is 4.72 Å². The van der Waals surface area contributed by atoms with Gasteiger partial charge in [-0.05, 0) is 31.2 Å². The number of halogens is 1. The second-order valence-corrected chi connectivity index (χ2v) is 5.68. The van der Waals surface area contributed by atoms with Crippen LogP contribution in [-0.2, 0) is 10.0 Å². The highest BCUT2D eigenvalue weighted by Crippen LogP contribution is 2.15. The number of nitrogens with one attached hydrogen (secondary N) is 1. The number of anilines is 1. The Morgan fingerprint density at radius 2 is 1.93 bits per heavy atom. The summed E-state index contributed by atoms with van der Waals surface area (Å²) in [5.41, 5.74) is 0.430. The lowest BCUT2D eigenvalue weighted by molar-refractivity contribution is 0.296. The molecule has 0 aliphatic heterocycles. The first-order valence-electron chi connectivity index (χ1n) is 4.34. The van der Waals surface area contributed by atoms with Gasteiger partial charge in [-0.15, -0.1) is 0 Å². The molecule has 0 saturated heterocycles. The molecule has 0 bridgehead atoms. The minimum atomic E-state index is -3.52. The molecule has 84 valence electrons. The molecule has 0 amide bonds. The van der Waals surface area contributed by atoms with Crippen molar-refractivity contribution < 1.29 is 13.5 Å². The summed E-state index contributed by atoms with van der Waals surface area (Å²) in [6, 6.07) is 6.29. The minimum absolute atomic E-state index is 0.414. The van der Waals surface area contributed by atoms with Gasteiger partial charge in [-0.2, -0.15) is 0 Å². The third-order valence-corrected chi connectivity index (χ3v) is 3.87. The van der Waals surface area contributed by atoms with Gasteiger partial charge in [0.1, 0.15) is 5.25 Å². The summed E-state index contributed by atoms with van der Waals surface area (Å²) in [4.78, 5) is 0. The zero-order chi connectivity index (χ0) is 11.5. The highest BCUT2D eigenvalue weighted by molar-refractivity contribution is 7.93. The second-order valence-electron chi connectivity index (χ2n) is 3.15. The van der Waals surface area contributed by atoms with E-state index in [1.165, 1.54) is 6.92 Å². The van der Waals surface area contributed by atoms with Crippen molar-refractivity contribution in [2.24, 2.45) is 0 Å². The number of aliphatic hydroxyl groups excluding tert-OH is 1. The molecule has 0 aliphatic carbocycles. The Bertz CT molecular complexity index is 415. The number of hydrogen-bond donors (Lipinski definition) is 2. The SMILES string of the molecule is CC(CO)S(=O)(=O)Nc1ccc(Cl)cc1. The van der Waals surface area contributed by atoms with Gasteiger partial charge in [-0.1, -0.05) is 11.6 Å². The average Bonchev–Trinajstić information content (AvgIpc) is 2.20. The second kappa shape index (κ2) is 4.83. The molecule has 1 aromatic carbocycles. The maximum absolute atomic E-state index is 11.5. The van der Waals surface area contributed by atoms with E-state index in [4.69, 9.17) is 16.7 Å². The third-order valence-electron chi connectivity index (χ3n) is 1.89. The molecule has 1 atom stereocenters. The molecule has 4 nitrogen and oxygen atoms in total. The zero-order valence-electron chi connectivity index (χ0n) is 8.14. The van der Waals surface area contributed by atoms with Crippen LogP contribution in [0.2, 0.25) is 5.02 Å². The molecule has 1 unspecified atom stereocenters. The lowest BCUT2D eigenvalue weighted by atomic mass is 10.3. The monoisotopic (exact) mass is 249 g/mol. The lowest BCUT2D eigenvalue weighted by Crippen LogP contribution is -2.28. The van der Waals surface area contributed by atoms with Crippen molar-refractivity contribution in [1.82, 2.24) is 0 Å². The first kappa shape index (κ1) is 12.3. The number of hydrogen-bond acceptors (Lipinski definition) is 3. The van der Waals surface area contributed by atoms with Gasteiger partial charge < -0.3 is 5.11 Å². The maximum atomic E-state index is 11.5. The van der Waals surface area contributed by atoms with Crippen molar-refractivity contribution in [3.05, 3.63) is 29.3 Å². The van der Waals surface area contributed by atoms with Crippen LogP contribution < -0.4 is 4.72 Å². The van der Waals surface area contributed by atoms with Crippen LogP contribution in [0.4, 0.5) is 5.69 Å². The van der Waals surface area contributed by atoms with Crippen LogP contribution in [0.3, 0.4) is 0 Å². The fourth-order valence-electron chi connectivity index (χ4n) is 0.881. The number of aliphatic hydroxyl groups is 1. The molecule has 15 heavy (non-hydrogen) atoms. The van der Waals surface area contributed by atoms with Crippen molar-refractivity contribution in [2.45, 2.75) is 12.2 Å². The highest BCUT2D eigenvalue weighted by atomic mass is 35.5. The maximum Gasteiger partial charge on any atom is 0.237 e. The van der Waals surface area contributed by atoms with Crippen molar-refractivity contribution in [2.75, 3.05) is 11.3 Å². The van der Waals surface area contributed by atoms with Gasteiger partial charge in [-0.25, -0.2) is 8.42 Å². The molecule has 2 N–H and O–H groups in total. The van der Waals surface area contributed by atoms with Crippen LogP contribution in [0, 0.1) is 0 Å². The lowest BCUT2D eigenvalue weighted by Gasteiger charge is -2.12. The standard InChI is InChI=1S/C9H12ClNO3S/c1-7(6-12)15(13,14)11-9-4-2-8(10)3-5-9/h2-5,7,11-12H,6H2,1H3. The van der Waals surface area contributed by atoms with E-state index in [1.807, 2.05) is 0 Å². The van der Waals surface area contributed by atoms with E-state index in [1.54, 1.807) is 24.3 Å². The zero-order valence-corrected chi connectivity index (χ0v) is 9.72. The minimum Gasteiger partial charge on any atom is -0.395 e. The highest BCUT2D eigenvalue weighted by Gasteiger charge is 2.19. The number of sulfonamides is 1. The number of rotatable bonds is 4. The summed E-state index contributed by atoms with van der Waals surface area (Å²) < 4.78 is 25.4. The van der Waals surface area contributed by atoms with Gasteiger partial charge in [0.25, 0.3) is 0 Å². The van der Waals surface area contributed by atoms with Crippen molar-refractivity contribution in [3.8, 4) is 0 Å². The average molecular weight is 250 g/mol. The first-order chi connectivity index (χ1) is 6.95. The summed E-state index contributed by atoms with van der Waals surface area (Å²) >= 11 is 5.66. The molecular formula is C9H12ClNO3S. The van der Waals surface area contributed by atoms with E-state index in [0.29, 0.717) is 10.7 Å². The van der Waals surface area contributed by atoms with E-state index in [-0.39, 0.29) is 0 Å². The molecule has 0 fully saturated rings.